The molecule has 4 N–H and O–H groups in total. The highest BCUT2D eigenvalue weighted by atomic mass is 35.5. The predicted molar refractivity (Wildman–Crippen MR) is 80.6 cm³/mol. The van der Waals surface area contributed by atoms with Gasteiger partial charge in [0.15, 0.2) is 0 Å². The number of phenols is 1. The maximum absolute atomic E-state index is 10.5. The van der Waals surface area contributed by atoms with Crippen molar-refractivity contribution >= 4 is 23.2 Å². The molecule has 4 nitrogen and oxygen atoms in total. The molecule has 2 aromatic rings. The highest BCUT2D eigenvalue weighted by Gasteiger charge is 1.99. The normalized spacial score (nSPS) is 9.30. The van der Waals surface area contributed by atoms with Crippen LogP contribution in [0, 0.1) is 5.41 Å². The molecule has 20 heavy (non-hydrogen) atoms. The van der Waals surface area contributed by atoms with Gasteiger partial charge >= 0.3 is 0 Å². The zero-order valence-corrected chi connectivity index (χ0v) is 11.7. The molecule has 0 bridgehead atoms. The van der Waals surface area contributed by atoms with E-state index in [2.05, 4.69) is 0 Å². The number of halogens is 1. The number of phenolic OH excluding ortho intramolecular Hbond substituents is 1. The molecule has 104 valence electrons. The lowest BCUT2D eigenvalue weighted by atomic mass is 10.1. The third-order valence-electron chi connectivity index (χ3n) is 2.44. The largest absolute Gasteiger partial charge is 0.507 e. The van der Waals surface area contributed by atoms with Gasteiger partial charge in [-0.15, -0.1) is 0 Å². The van der Waals surface area contributed by atoms with Crippen LogP contribution >= 0.6 is 11.6 Å². The van der Waals surface area contributed by atoms with E-state index in [4.69, 9.17) is 27.9 Å². The first-order valence-corrected chi connectivity index (χ1v) is 6.18. The van der Waals surface area contributed by atoms with Crippen LogP contribution in [0.3, 0.4) is 0 Å². The van der Waals surface area contributed by atoms with Crippen molar-refractivity contribution in [2.24, 2.45) is 5.73 Å². The number of rotatable bonds is 2. The van der Waals surface area contributed by atoms with Crippen LogP contribution in [0.1, 0.15) is 22.8 Å². The second-order valence-corrected chi connectivity index (χ2v) is 4.45. The van der Waals surface area contributed by atoms with Gasteiger partial charge in [-0.05, 0) is 43.3 Å². The Morgan fingerprint density at radius 2 is 1.70 bits per heavy atom. The van der Waals surface area contributed by atoms with Gasteiger partial charge in [-0.2, -0.15) is 0 Å². The standard InChI is InChI=1S/C8H9NO.C7H6ClNO/c1-6(9)7-4-2-3-5-8(7)10;8-6-3-1-5(2-4-6)7(9)10/h2-5,9-10H,1H3;1-4H,(H2,9,10). The van der Waals surface area contributed by atoms with Gasteiger partial charge in [0.2, 0.25) is 5.91 Å². The maximum Gasteiger partial charge on any atom is 0.248 e. The number of aromatic hydroxyl groups is 1. The summed E-state index contributed by atoms with van der Waals surface area (Å²) in [4.78, 5) is 10.5. The number of nitrogens with two attached hydrogens (primary N) is 1. The Hall–Kier alpha value is -2.33. The quantitative estimate of drug-likeness (QED) is 0.742. The van der Waals surface area contributed by atoms with Gasteiger partial charge in [0, 0.05) is 21.9 Å². The Morgan fingerprint density at radius 3 is 2.10 bits per heavy atom. The number of primary amides is 1. The summed E-state index contributed by atoms with van der Waals surface area (Å²) in [6, 6.07) is 13.3. The summed E-state index contributed by atoms with van der Waals surface area (Å²) in [6.45, 7) is 1.65. The van der Waals surface area contributed by atoms with Crippen LogP contribution in [0.25, 0.3) is 0 Å². The van der Waals surface area contributed by atoms with E-state index in [-0.39, 0.29) is 5.75 Å². The van der Waals surface area contributed by atoms with Crippen LogP contribution in [0.4, 0.5) is 0 Å². The molecule has 5 heteroatoms. The number of hydrogen-bond acceptors (Lipinski definition) is 3. The molecule has 0 saturated carbocycles. The molecule has 2 rings (SSSR count). The first-order chi connectivity index (χ1) is 9.41. The van der Waals surface area contributed by atoms with Gasteiger partial charge in [-0.3, -0.25) is 4.79 Å². The highest BCUT2D eigenvalue weighted by Crippen LogP contribution is 2.15. The van der Waals surface area contributed by atoms with Crippen LogP contribution < -0.4 is 5.73 Å². The molecule has 0 spiro atoms. The number of nitrogens with one attached hydrogen (secondary N) is 1. The molecule has 1 amide bonds. The Labute approximate surface area is 122 Å². The molecule has 0 unspecified atom stereocenters. The zero-order chi connectivity index (χ0) is 15.1. The third-order valence-corrected chi connectivity index (χ3v) is 2.69. The smallest absolute Gasteiger partial charge is 0.248 e. The lowest BCUT2D eigenvalue weighted by Crippen LogP contribution is -2.10. The second kappa shape index (κ2) is 7.31. The van der Waals surface area contributed by atoms with Crippen molar-refractivity contribution in [2.45, 2.75) is 6.92 Å². The van der Waals surface area contributed by atoms with E-state index in [0.717, 1.165) is 0 Å². The monoisotopic (exact) mass is 290 g/mol. The summed E-state index contributed by atoms with van der Waals surface area (Å²) >= 11 is 5.56. The number of hydrogen-bond donors (Lipinski definition) is 3. The predicted octanol–water partition coefficient (Wildman–Crippen LogP) is 3.22. The maximum atomic E-state index is 10.5. The fraction of sp³-hybridized carbons (Fsp3) is 0.0667. The number of carbonyl (C=O) groups excluding carboxylic acids is 1. The van der Waals surface area contributed by atoms with Gasteiger partial charge < -0.3 is 16.2 Å². The SMILES string of the molecule is CC(=N)c1ccccc1O.NC(=O)c1ccc(Cl)cc1. The van der Waals surface area contributed by atoms with Crippen LogP contribution in [0.15, 0.2) is 48.5 Å². The highest BCUT2D eigenvalue weighted by molar-refractivity contribution is 6.30. The first kappa shape index (κ1) is 15.7. The fourth-order valence-corrected chi connectivity index (χ4v) is 1.53. The minimum absolute atomic E-state index is 0.176. The van der Waals surface area contributed by atoms with Crippen LogP contribution in [0.2, 0.25) is 5.02 Å². The summed E-state index contributed by atoms with van der Waals surface area (Å²) in [6.07, 6.45) is 0. The summed E-state index contributed by atoms with van der Waals surface area (Å²) in [5.74, 6) is -0.258. The van der Waals surface area contributed by atoms with Gasteiger partial charge in [0.05, 0.1) is 0 Å². The number of benzene rings is 2. The number of para-hydroxylation sites is 1. The molecule has 0 heterocycles. The molecule has 0 aliphatic carbocycles. The van der Waals surface area contributed by atoms with Crippen molar-refractivity contribution < 1.29 is 9.90 Å². The van der Waals surface area contributed by atoms with Crippen molar-refractivity contribution in [3.8, 4) is 5.75 Å². The van der Waals surface area contributed by atoms with Crippen LogP contribution in [-0.2, 0) is 0 Å². The van der Waals surface area contributed by atoms with E-state index in [9.17, 15) is 4.79 Å². The Morgan fingerprint density at radius 1 is 1.15 bits per heavy atom. The van der Waals surface area contributed by atoms with Gasteiger partial charge in [0.1, 0.15) is 5.75 Å². The van der Waals surface area contributed by atoms with Gasteiger partial charge in [-0.25, -0.2) is 0 Å². The van der Waals surface area contributed by atoms with Gasteiger partial charge in [-0.1, -0.05) is 23.7 Å². The van der Waals surface area contributed by atoms with E-state index in [0.29, 0.717) is 21.9 Å². The minimum atomic E-state index is -0.434. The topological polar surface area (TPSA) is 87.2 Å². The Kier molecular flexibility index (Phi) is 5.74. The van der Waals surface area contributed by atoms with Crippen molar-refractivity contribution in [1.82, 2.24) is 0 Å². The zero-order valence-electron chi connectivity index (χ0n) is 10.9. The number of amides is 1. The lowest BCUT2D eigenvalue weighted by Gasteiger charge is -1.98. The molecule has 0 saturated heterocycles. The van der Waals surface area contributed by atoms with E-state index >= 15 is 0 Å². The molecule has 0 aliphatic heterocycles. The molecular weight excluding hydrogens is 276 g/mol. The van der Waals surface area contributed by atoms with Crippen molar-refractivity contribution in [2.75, 3.05) is 0 Å². The molecule has 0 radical (unpaired) electrons. The van der Waals surface area contributed by atoms with Crippen LogP contribution in [0.5, 0.6) is 5.75 Å². The van der Waals surface area contributed by atoms with E-state index in [1.807, 2.05) is 0 Å². The molecule has 0 fully saturated rings. The van der Waals surface area contributed by atoms with Crippen molar-refractivity contribution in [3.05, 3.63) is 64.7 Å². The summed E-state index contributed by atoms with van der Waals surface area (Å²) in [7, 11) is 0. The molecule has 0 aromatic heterocycles. The average molecular weight is 291 g/mol. The van der Waals surface area contributed by atoms with E-state index in [1.54, 1.807) is 55.5 Å². The second-order valence-electron chi connectivity index (χ2n) is 4.01. The van der Waals surface area contributed by atoms with E-state index < -0.39 is 5.91 Å². The Bertz CT molecular complexity index is 610. The molecule has 0 atom stereocenters. The Balaban J connectivity index is 0.000000200. The summed E-state index contributed by atoms with van der Waals surface area (Å²) in [5, 5.41) is 17.0. The summed E-state index contributed by atoms with van der Waals surface area (Å²) in [5.41, 5.74) is 6.44. The lowest BCUT2D eigenvalue weighted by molar-refractivity contribution is 0.100. The molecule has 2 aromatic carbocycles. The van der Waals surface area contributed by atoms with Crippen LogP contribution in [-0.4, -0.2) is 16.7 Å². The minimum Gasteiger partial charge on any atom is -0.507 e. The molecular formula is C15H15ClN2O2. The molecule has 0 aliphatic rings. The first-order valence-electron chi connectivity index (χ1n) is 5.80. The van der Waals surface area contributed by atoms with Crippen molar-refractivity contribution in [3.63, 3.8) is 0 Å². The number of carbonyl (C=O) groups is 1. The third kappa shape index (κ3) is 4.74. The van der Waals surface area contributed by atoms with Gasteiger partial charge in [0.25, 0.3) is 0 Å². The summed E-state index contributed by atoms with van der Waals surface area (Å²) < 4.78 is 0. The fourth-order valence-electron chi connectivity index (χ4n) is 1.40. The van der Waals surface area contributed by atoms with Crippen molar-refractivity contribution in [1.29, 1.82) is 5.41 Å². The van der Waals surface area contributed by atoms with E-state index in [1.165, 1.54) is 0 Å². The average Bonchev–Trinajstić information content (AvgIpc) is 2.40.